The van der Waals surface area contributed by atoms with Crippen LogP contribution in [0.1, 0.15) is 12.1 Å². The normalized spacial score (nSPS) is 22.8. The number of hydrogen-bond acceptors (Lipinski definition) is 5. The van der Waals surface area contributed by atoms with Gasteiger partial charge in [0.25, 0.3) is 0 Å². The Bertz CT molecular complexity index is 616. The zero-order valence-electron chi connectivity index (χ0n) is 9.87. The third kappa shape index (κ3) is 2.57. The monoisotopic (exact) mass is 285 g/mol. The molecule has 0 bridgehead atoms. The van der Waals surface area contributed by atoms with E-state index in [1.807, 2.05) is 22.2 Å². The molecule has 1 fully saturated rings. The summed E-state index contributed by atoms with van der Waals surface area (Å²) in [4.78, 5) is 5.46. The molecule has 2 aromatic rings. The van der Waals surface area contributed by atoms with Gasteiger partial charge in [0.05, 0.1) is 17.2 Å². The SMILES string of the molecule is O=S1(=O)CCC(CNCc2cn3ccsc3n2)C1. The molecule has 1 saturated heterocycles. The van der Waals surface area contributed by atoms with Crippen molar-refractivity contribution in [1.82, 2.24) is 14.7 Å². The van der Waals surface area contributed by atoms with Crippen LogP contribution in [-0.2, 0) is 16.4 Å². The number of fused-ring (bicyclic) bond motifs is 1. The molecule has 5 nitrogen and oxygen atoms in total. The van der Waals surface area contributed by atoms with E-state index in [-0.39, 0.29) is 5.92 Å². The molecule has 7 heteroatoms. The standard InChI is InChI=1S/C11H15N3O2S2/c15-18(16)4-1-9(8-18)5-12-6-10-7-14-2-3-17-11(14)13-10/h2-3,7,9,12H,1,4-6,8H2. The Hall–Kier alpha value is -0.920. The van der Waals surface area contributed by atoms with E-state index in [9.17, 15) is 8.42 Å². The highest BCUT2D eigenvalue weighted by Gasteiger charge is 2.27. The fraction of sp³-hybridized carbons (Fsp3) is 0.545. The van der Waals surface area contributed by atoms with Crippen molar-refractivity contribution in [2.24, 2.45) is 5.92 Å². The van der Waals surface area contributed by atoms with Crippen LogP contribution < -0.4 is 5.32 Å². The third-order valence-electron chi connectivity index (χ3n) is 3.21. The minimum absolute atomic E-state index is 0.263. The van der Waals surface area contributed by atoms with E-state index in [2.05, 4.69) is 10.3 Å². The molecule has 0 spiro atoms. The van der Waals surface area contributed by atoms with Crippen molar-refractivity contribution in [3.8, 4) is 0 Å². The fourth-order valence-electron chi connectivity index (χ4n) is 2.30. The average Bonchev–Trinajstić information content (AvgIpc) is 2.92. The van der Waals surface area contributed by atoms with E-state index in [1.54, 1.807) is 11.3 Å². The number of imidazole rings is 1. The molecule has 0 radical (unpaired) electrons. The van der Waals surface area contributed by atoms with Gasteiger partial charge >= 0.3 is 0 Å². The van der Waals surface area contributed by atoms with Gasteiger partial charge in [0, 0.05) is 24.3 Å². The lowest BCUT2D eigenvalue weighted by atomic mass is 10.1. The second kappa shape index (κ2) is 4.64. The topological polar surface area (TPSA) is 63.5 Å². The summed E-state index contributed by atoms with van der Waals surface area (Å²) in [6.45, 7) is 1.45. The lowest BCUT2D eigenvalue weighted by molar-refractivity contribution is 0.518. The van der Waals surface area contributed by atoms with Gasteiger partial charge in [-0.1, -0.05) is 0 Å². The van der Waals surface area contributed by atoms with Gasteiger partial charge < -0.3 is 5.32 Å². The lowest BCUT2D eigenvalue weighted by Gasteiger charge is -2.07. The van der Waals surface area contributed by atoms with Crippen LogP contribution in [0.25, 0.3) is 4.96 Å². The Morgan fingerprint density at radius 3 is 3.17 bits per heavy atom. The predicted molar refractivity (Wildman–Crippen MR) is 71.5 cm³/mol. The molecular weight excluding hydrogens is 270 g/mol. The van der Waals surface area contributed by atoms with Crippen LogP contribution in [0.4, 0.5) is 0 Å². The smallest absolute Gasteiger partial charge is 0.193 e. The minimum atomic E-state index is -2.76. The number of thiazole rings is 1. The van der Waals surface area contributed by atoms with Crippen LogP contribution in [0.5, 0.6) is 0 Å². The van der Waals surface area contributed by atoms with E-state index in [0.29, 0.717) is 18.1 Å². The molecule has 0 aliphatic carbocycles. The van der Waals surface area contributed by atoms with Crippen LogP contribution in [-0.4, -0.2) is 35.9 Å². The highest BCUT2D eigenvalue weighted by Crippen LogP contribution is 2.17. The summed E-state index contributed by atoms with van der Waals surface area (Å²) in [5, 5.41) is 5.30. The molecule has 1 atom stereocenters. The number of nitrogens with zero attached hydrogens (tertiary/aromatic N) is 2. The zero-order chi connectivity index (χ0) is 12.6. The predicted octanol–water partition coefficient (Wildman–Crippen LogP) is 0.920. The number of rotatable bonds is 4. The largest absolute Gasteiger partial charge is 0.311 e. The van der Waals surface area contributed by atoms with Crippen molar-refractivity contribution < 1.29 is 8.42 Å². The second-order valence-electron chi connectivity index (χ2n) is 4.73. The highest BCUT2D eigenvalue weighted by molar-refractivity contribution is 7.91. The van der Waals surface area contributed by atoms with E-state index in [0.717, 1.165) is 23.6 Å². The Balaban J connectivity index is 1.52. The van der Waals surface area contributed by atoms with Crippen molar-refractivity contribution >= 4 is 26.1 Å². The molecule has 0 saturated carbocycles. The zero-order valence-corrected chi connectivity index (χ0v) is 11.5. The van der Waals surface area contributed by atoms with Gasteiger partial charge in [0.2, 0.25) is 0 Å². The molecule has 0 amide bonds. The summed E-state index contributed by atoms with van der Waals surface area (Å²) in [5.41, 5.74) is 1.00. The molecular formula is C11H15N3O2S2. The van der Waals surface area contributed by atoms with Crippen LogP contribution in [0.15, 0.2) is 17.8 Å². The van der Waals surface area contributed by atoms with Crippen molar-refractivity contribution in [1.29, 1.82) is 0 Å². The first kappa shape index (κ1) is 12.1. The van der Waals surface area contributed by atoms with E-state index < -0.39 is 9.84 Å². The Morgan fingerprint density at radius 2 is 2.44 bits per heavy atom. The molecule has 3 rings (SSSR count). The van der Waals surface area contributed by atoms with E-state index >= 15 is 0 Å². The van der Waals surface area contributed by atoms with Gasteiger partial charge in [0.1, 0.15) is 0 Å². The first-order valence-corrected chi connectivity index (χ1v) is 8.65. The third-order valence-corrected chi connectivity index (χ3v) is 5.82. The molecule has 1 unspecified atom stereocenters. The Labute approximate surface area is 110 Å². The van der Waals surface area contributed by atoms with Crippen molar-refractivity contribution in [2.45, 2.75) is 13.0 Å². The van der Waals surface area contributed by atoms with Crippen LogP contribution in [0, 0.1) is 5.92 Å². The van der Waals surface area contributed by atoms with E-state index in [1.165, 1.54) is 0 Å². The Kier molecular flexibility index (Phi) is 3.13. The van der Waals surface area contributed by atoms with Crippen LogP contribution in [0.3, 0.4) is 0 Å². The maximum absolute atomic E-state index is 11.3. The number of nitrogens with one attached hydrogen (secondary N) is 1. The molecule has 2 aromatic heterocycles. The molecule has 1 aliphatic heterocycles. The number of sulfone groups is 1. The quantitative estimate of drug-likeness (QED) is 0.907. The molecule has 3 heterocycles. The summed E-state index contributed by atoms with van der Waals surface area (Å²) >= 11 is 1.61. The molecule has 98 valence electrons. The summed E-state index contributed by atoms with van der Waals surface area (Å²) in [7, 11) is -2.76. The summed E-state index contributed by atoms with van der Waals surface area (Å²) in [5.74, 6) is 0.941. The van der Waals surface area contributed by atoms with Crippen LogP contribution >= 0.6 is 11.3 Å². The first-order valence-electron chi connectivity index (χ1n) is 5.95. The minimum Gasteiger partial charge on any atom is -0.311 e. The summed E-state index contributed by atoms with van der Waals surface area (Å²) < 4.78 is 24.6. The van der Waals surface area contributed by atoms with E-state index in [4.69, 9.17) is 0 Å². The fourth-order valence-corrected chi connectivity index (χ4v) is 4.88. The van der Waals surface area contributed by atoms with Gasteiger partial charge in [-0.15, -0.1) is 11.3 Å². The maximum Gasteiger partial charge on any atom is 0.193 e. The van der Waals surface area contributed by atoms with Crippen molar-refractivity contribution in [3.63, 3.8) is 0 Å². The van der Waals surface area contributed by atoms with Gasteiger partial charge in [-0.25, -0.2) is 13.4 Å². The first-order chi connectivity index (χ1) is 8.62. The lowest BCUT2D eigenvalue weighted by Crippen LogP contribution is -2.23. The van der Waals surface area contributed by atoms with Gasteiger partial charge in [-0.2, -0.15) is 0 Å². The summed E-state index contributed by atoms with van der Waals surface area (Å²) in [6.07, 6.45) is 4.78. The highest BCUT2D eigenvalue weighted by atomic mass is 32.2. The van der Waals surface area contributed by atoms with Crippen LogP contribution in [0.2, 0.25) is 0 Å². The molecule has 18 heavy (non-hydrogen) atoms. The van der Waals surface area contributed by atoms with Gasteiger partial charge in [-0.05, 0) is 18.9 Å². The Morgan fingerprint density at radius 1 is 1.56 bits per heavy atom. The molecule has 0 aromatic carbocycles. The van der Waals surface area contributed by atoms with Gasteiger partial charge in [0.15, 0.2) is 14.8 Å². The molecule has 1 N–H and O–H groups in total. The number of aromatic nitrogens is 2. The second-order valence-corrected chi connectivity index (χ2v) is 7.83. The van der Waals surface area contributed by atoms with Gasteiger partial charge in [-0.3, -0.25) is 4.40 Å². The summed E-state index contributed by atoms with van der Waals surface area (Å²) in [6, 6.07) is 0. The maximum atomic E-state index is 11.3. The number of hydrogen-bond donors (Lipinski definition) is 1. The average molecular weight is 285 g/mol. The van der Waals surface area contributed by atoms with Crippen molar-refractivity contribution in [2.75, 3.05) is 18.1 Å². The molecule has 1 aliphatic rings. The van der Waals surface area contributed by atoms with Crippen molar-refractivity contribution in [3.05, 3.63) is 23.5 Å².